The zero-order valence-corrected chi connectivity index (χ0v) is 19.6. The molecule has 0 radical (unpaired) electrons. The summed E-state index contributed by atoms with van der Waals surface area (Å²) < 4.78 is 38.6. The lowest BCUT2D eigenvalue weighted by Gasteiger charge is -2.38. The molecule has 0 bridgehead atoms. The summed E-state index contributed by atoms with van der Waals surface area (Å²) in [7, 11) is 0. The van der Waals surface area contributed by atoms with Crippen LogP contribution in [-0.4, -0.2) is 29.7 Å². The molecule has 0 fully saturated rings. The number of benzene rings is 2. The molecular weight excluding hydrogens is 452 g/mol. The summed E-state index contributed by atoms with van der Waals surface area (Å²) in [6.45, 7) is 5.59. The van der Waals surface area contributed by atoms with Crippen LogP contribution in [0.1, 0.15) is 37.8 Å². The number of rotatable bonds is 2. The van der Waals surface area contributed by atoms with Gasteiger partial charge in [0.1, 0.15) is 34.6 Å². The van der Waals surface area contributed by atoms with Crippen molar-refractivity contribution in [1.82, 2.24) is 4.90 Å². The van der Waals surface area contributed by atoms with E-state index in [1.54, 1.807) is 51.1 Å². The van der Waals surface area contributed by atoms with E-state index in [4.69, 9.17) is 15.2 Å². The summed E-state index contributed by atoms with van der Waals surface area (Å²) in [6, 6.07) is 13.8. The van der Waals surface area contributed by atoms with Crippen LogP contribution in [0.3, 0.4) is 0 Å². The normalized spacial score (nSPS) is 19.3. The van der Waals surface area contributed by atoms with Crippen molar-refractivity contribution in [3.8, 4) is 6.07 Å². The zero-order chi connectivity index (χ0) is 25.3. The van der Waals surface area contributed by atoms with Gasteiger partial charge in [0, 0.05) is 11.1 Å². The van der Waals surface area contributed by atoms with Gasteiger partial charge in [-0.15, -0.1) is 0 Å². The van der Waals surface area contributed by atoms with Crippen LogP contribution in [0.25, 0.3) is 6.08 Å². The number of nitrogens with zero attached hydrogens (tertiary/aromatic N) is 2. The van der Waals surface area contributed by atoms with Gasteiger partial charge in [-0.25, -0.2) is 13.6 Å². The minimum atomic E-state index is -0.714. The Hall–Kier alpha value is -4.12. The molecule has 0 saturated carbocycles. The summed E-state index contributed by atoms with van der Waals surface area (Å²) in [4.78, 5) is 14.6. The predicted octanol–water partition coefficient (Wildman–Crippen LogP) is 5.36. The van der Waals surface area contributed by atoms with Gasteiger partial charge in [-0.3, -0.25) is 4.90 Å². The molecule has 2 aliphatic heterocycles. The van der Waals surface area contributed by atoms with Gasteiger partial charge >= 0.3 is 6.09 Å². The molecule has 2 N–H and O–H groups in total. The molecule has 8 heteroatoms. The van der Waals surface area contributed by atoms with Crippen molar-refractivity contribution < 1.29 is 23.0 Å². The van der Waals surface area contributed by atoms with Gasteiger partial charge in [-0.2, -0.15) is 5.26 Å². The summed E-state index contributed by atoms with van der Waals surface area (Å²) in [5, 5.41) is 9.87. The van der Waals surface area contributed by atoms with Crippen LogP contribution >= 0.6 is 0 Å². The summed E-state index contributed by atoms with van der Waals surface area (Å²) in [6.07, 6.45) is 1.24. The molecule has 1 unspecified atom stereocenters. The van der Waals surface area contributed by atoms with Crippen molar-refractivity contribution >= 4 is 12.2 Å². The predicted molar refractivity (Wildman–Crippen MR) is 126 cm³/mol. The molecule has 35 heavy (non-hydrogen) atoms. The van der Waals surface area contributed by atoms with Crippen LogP contribution < -0.4 is 5.73 Å². The van der Waals surface area contributed by atoms with Crippen molar-refractivity contribution in [1.29, 1.82) is 5.26 Å². The van der Waals surface area contributed by atoms with Crippen LogP contribution in [0, 0.1) is 23.0 Å². The van der Waals surface area contributed by atoms with E-state index in [1.165, 1.54) is 29.2 Å². The van der Waals surface area contributed by atoms with Gasteiger partial charge < -0.3 is 15.2 Å². The minimum absolute atomic E-state index is 0.0590. The van der Waals surface area contributed by atoms with Crippen molar-refractivity contribution in [3.05, 3.63) is 99.7 Å². The van der Waals surface area contributed by atoms with Gasteiger partial charge in [-0.1, -0.05) is 24.3 Å². The molecule has 2 aromatic rings. The Kier molecular flexibility index (Phi) is 6.35. The first-order chi connectivity index (χ1) is 16.6. The third-order valence-corrected chi connectivity index (χ3v) is 5.61. The topological polar surface area (TPSA) is 88.6 Å². The van der Waals surface area contributed by atoms with E-state index in [1.807, 2.05) is 0 Å². The third-order valence-electron chi connectivity index (χ3n) is 5.61. The molecule has 4 rings (SSSR count). The van der Waals surface area contributed by atoms with Crippen molar-refractivity contribution in [2.75, 3.05) is 13.1 Å². The van der Waals surface area contributed by atoms with E-state index in [9.17, 15) is 18.8 Å². The highest BCUT2D eigenvalue weighted by atomic mass is 19.1. The molecule has 0 spiro atoms. The van der Waals surface area contributed by atoms with Gasteiger partial charge in [-0.05, 0) is 62.2 Å². The van der Waals surface area contributed by atoms with E-state index < -0.39 is 23.4 Å². The second kappa shape index (κ2) is 9.26. The second-order valence-electron chi connectivity index (χ2n) is 9.39. The monoisotopic (exact) mass is 477 g/mol. The largest absolute Gasteiger partial charge is 0.444 e. The summed E-state index contributed by atoms with van der Waals surface area (Å²) >= 11 is 0. The molecule has 1 atom stereocenters. The third kappa shape index (κ3) is 5.19. The molecule has 2 aliphatic rings. The summed E-state index contributed by atoms with van der Waals surface area (Å²) in [5.41, 5.74) is 8.16. The molecule has 180 valence electrons. The molecule has 2 heterocycles. The fourth-order valence-corrected chi connectivity index (χ4v) is 4.12. The average Bonchev–Trinajstić information content (AvgIpc) is 2.79. The van der Waals surface area contributed by atoms with Crippen LogP contribution in [0.15, 0.2) is 76.9 Å². The van der Waals surface area contributed by atoms with Crippen LogP contribution in [-0.2, 0) is 9.47 Å². The Morgan fingerprint density at radius 3 is 2.29 bits per heavy atom. The standard InChI is InChI=1S/C27H25F2N3O3/c1-27(2,3)35-26(33)32-14-18(12-16-4-8-19(28)9-5-16)24-22(15-32)23(21(13-30)25(31)34-24)17-6-10-20(29)11-7-17/h4-12,23H,14-15,31H2,1-3H3/b18-12+. The Labute approximate surface area is 202 Å². The SMILES string of the molecule is CC(C)(C)OC(=O)N1CC2=C(OC(N)=C(C#N)C2c2ccc(F)cc2)/C(=C/c2ccc(F)cc2)C1. The number of nitrogens with two attached hydrogens (primary N) is 1. The molecule has 0 aliphatic carbocycles. The number of hydrogen-bond acceptors (Lipinski definition) is 5. The number of carbonyl (C=O) groups excluding carboxylic acids is 1. The van der Waals surface area contributed by atoms with Crippen molar-refractivity contribution in [3.63, 3.8) is 0 Å². The number of amides is 1. The van der Waals surface area contributed by atoms with E-state index in [0.717, 1.165) is 0 Å². The quantitative estimate of drug-likeness (QED) is 0.629. The van der Waals surface area contributed by atoms with Crippen molar-refractivity contribution in [2.24, 2.45) is 5.73 Å². The average molecular weight is 478 g/mol. The number of ether oxygens (including phenoxy) is 2. The highest BCUT2D eigenvalue weighted by molar-refractivity contribution is 5.73. The highest BCUT2D eigenvalue weighted by Crippen LogP contribution is 2.44. The molecule has 6 nitrogen and oxygen atoms in total. The number of carbonyl (C=O) groups is 1. The first-order valence-electron chi connectivity index (χ1n) is 11.1. The number of nitriles is 1. The van der Waals surface area contributed by atoms with E-state index in [2.05, 4.69) is 6.07 Å². The minimum Gasteiger partial charge on any atom is -0.444 e. The van der Waals surface area contributed by atoms with Crippen molar-refractivity contribution in [2.45, 2.75) is 32.3 Å². The van der Waals surface area contributed by atoms with Crippen LogP contribution in [0.4, 0.5) is 13.6 Å². The smallest absolute Gasteiger partial charge is 0.410 e. The fourth-order valence-electron chi connectivity index (χ4n) is 4.12. The number of halogens is 2. The zero-order valence-electron chi connectivity index (χ0n) is 19.6. The Morgan fingerprint density at radius 1 is 1.11 bits per heavy atom. The lowest BCUT2D eigenvalue weighted by Crippen LogP contribution is -2.43. The lowest BCUT2D eigenvalue weighted by atomic mass is 9.80. The second-order valence-corrected chi connectivity index (χ2v) is 9.39. The van der Waals surface area contributed by atoms with E-state index >= 15 is 0 Å². The van der Waals surface area contributed by atoms with Crippen LogP contribution in [0.2, 0.25) is 0 Å². The number of hydrogen-bond donors (Lipinski definition) is 1. The molecule has 1 amide bonds. The molecule has 2 aromatic carbocycles. The maximum absolute atomic E-state index is 13.7. The first kappa shape index (κ1) is 24.0. The Balaban J connectivity index is 1.86. The van der Waals surface area contributed by atoms with Crippen LogP contribution in [0.5, 0.6) is 0 Å². The Morgan fingerprint density at radius 2 is 1.71 bits per heavy atom. The highest BCUT2D eigenvalue weighted by Gasteiger charge is 2.39. The first-order valence-corrected chi connectivity index (χ1v) is 11.1. The maximum Gasteiger partial charge on any atom is 0.410 e. The van der Waals surface area contributed by atoms with Gasteiger partial charge in [0.15, 0.2) is 0 Å². The fraction of sp³-hybridized carbons (Fsp3) is 0.259. The lowest BCUT2D eigenvalue weighted by molar-refractivity contribution is 0.0267. The molecule has 0 saturated heterocycles. The maximum atomic E-state index is 13.7. The van der Waals surface area contributed by atoms with Gasteiger partial charge in [0.2, 0.25) is 5.88 Å². The van der Waals surface area contributed by atoms with E-state index in [0.29, 0.717) is 28.0 Å². The summed E-state index contributed by atoms with van der Waals surface area (Å²) in [5.74, 6) is -1.06. The van der Waals surface area contributed by atoms with Gasteiger partial charge in [0.05, 0.1) is 19.0 Å². The molecular formula is C27H25F2N3O3. The Bertz CT molecular complexity index is 1280. The molecule has 0 aromatic heterocycles. The number of allylic oxidation sites excluding steroid dienone is 1. The van der Waals surface area contributed by atoms with E-state index in [-0.39, 0.29) is 30.4 Å². The van der Waals surface area contributed by atoms with Gasteiger partial charge in [0.25, 0.3) is 0 Å².